The van der Waals surface area contributed by atoms with Gasteiger partial charge in [-0.25, -0.2) is 0 Å². The Bertz CT molecular complexity index is 711. The fourth-order valence-electron chi connectivity index (χ4n) is 1.87. The molecule has 0 fully saturated rings. The summed E-state index contributed by atoms with van der Waals surface area (Å²) in [7, 11) is 0. The van der Waals surface area contributed by atoms with Gasteiger partial charge in [-0.05, 0) is 31.2 Å². The topological polar surface area (TPSA) is 71.1 Å². The molecule has 112 valence electrons. The molecule has 0 saturated carbocycles. The van der Waals surface area contributed by atoms with Crippen LogP contribution >= 0.6 is 0 Å². The first-order chi connectivity index (χ1) is 10.6. The van der Waals surface area contributed by atoms with E-state index in [1.165, 1.54) is 6.92 Å². The van der Waals surface area contributed by atoms with Crippen molar-refractivity contribution in [3.8, 4) is 0 Å². The highest BCUT2D eigenvalue weighted by atomic mass is 16.2. The molecule has 5 heteroatoms. The normalized spacial score (nSPS) is 9.86. The Balaban J connectivity index is 2.13. The molecule has 1 aromatic carbocycles. The first-order valence-electron chi connectivity index (χ1n) is 6.83. The van der Waals surface area contributed by atoms with Crippen LogP contribution in [0.15, 0.2) is 55.3 Å². The Morgan fingerprint density at radius 2 is 2.05 bits per heavy atom. The molecule has 1 amide bonds. The number of carbonyl (C=O) groups excluding carboxylic acids is 2. The average Bonchev–Trinajstić information content (AvgIpc) is 2.53. The number of anilines is 2. The molecule has 1 heterocycles. The van der Waals surface area contributed by atoms with Crippen molar-refractivity contribution >= 4 is 23.1 Å². The Morgan fingerprint density at radius 3 is 2.77 bits per heavy atom. The molecule has 2 rings (SSSR count). The summed E-state index contributed by atoms with van der Waals surface area (Å²) in [6.07, 6.45) is 3.29. The zero-order valence-electron chi connectivity index (χ0n) is 12.3. The van der Waals surface area contributed by atoms with Gasteiger partial charge in [-0.1, -0.05) is 18.2 Å². The molecule has 0 unspecified atom stereocenters. The zero-order chi connectivity index (χ0) is 15.9. The highest BCUT2D eigenvalue weighted by Crippen LogP contribution is 2.14. The van der Waals surface area contributed by atoms with Gasteiger partial charge < -0.3 is 10.6 Å². The summed E-state index contributed by atoms with van der Waals surface area (Å²) in [6.45, 7) is 5.71. The maximum Gasteiger partial charge on any atom is 0.274 e. The van der Waals surface area contributed by atoms with Crippen LogP contribution in [0.1, 0.15) is 27.8 Å². The SMILES string of the molecule is C=CCNc1ccnc(C(=O)Nc2cccc(C(C)=O)c2)c1. The van der Waals surface area contributed by atoms with Gasteiger partial charge in [0.2, 0.25) is 0 Å². The monoisotopic (exact) mass is 295 g/mol. The molecule has 0 atom stereocenters. The second kappa shape index (κ2) is 7.17. The lowest BCUT2D eigenvalue weighted by Crippen LogP contribution is -2.14. The third-order valence-electron chi connectivity index (χ3n) is 2.97. The predicted molar refractivity (Wildman–Crippen MR) is 87.3 cm³/mol. The third kappa shape index (κ3) is 4.02. The summed E-state index contributed by atoms with van der Waals surface area (Å²) in [5.74, 6) is -0.382. The van der Waals surface area contributed by atoms with Gasteiger partial charge in [0, 0.05) is 29.7 Å². The van der Waals surface area contributed by atoms with Crippen molar-refractivity contribution in [3.63, 3.8) is 0 Å². The van der Waals surface area contributed by atoms with E-state index in [-0.39, 0.29) is 11.7 Å². The summed E-state index contributed by atoms with van der Waals surface area (Å²) in [5, 5.41) is 5.83. The van der Waals surface area contributed by atoms with Gasteiger partial charge in [0.15, 0.2) is 5.78 Å². The van der Waals surface area contributed by atoms with Crippen molar-refractivity contribution in [1.82, 2.24) is 4.98 Å². The van der Waals surface area contributed by atoms with Crippen LogP contribution in [0.5, 0.6) is 0 Å². The second-order valence-electron chi connectivity index (χ2n) is 4.69. The molecule has 2 aromatic rings. The molecule has 0 aliphatic heterocycles. The minimum absolute atomic E-state index is 0.0511. The van der Waals surface area contributed by atoms with Gasteiger partial charge in [-0.2, -0.15) is 0 Å². The predicted octanol–water partition coefficient (Wildman–Crippen LogP) is 3.13. The molecule has 5 nitrogen and oxygen atoms in total. The molecule has 0 saturated heterocycles. The zero-order valence-corrected chi connectivity index (χ0v) is 12.3. The highest BCUT2D eigenvalue weighted by molar-refractivity contribution is 6.04. The molecule has 0 aliphatic rings. The quantitative estimate of drug-likeness (QED) is 0.634. The summed E-state index contributed by atoms with van der Waals surface area (Å²) in [4.78, 5) is 27.6. The van der Waals surface area contributed by atoms with Crippen LogP contribution in [0, 0.1) is 0 Å². The van der Waals surface area contributed by atoms with E-state index in [9.17, 15) is 9.59 Å². The number of ketones is 1. The molecular formula is C17H17N3O2. The minimum Gasteiger partial charge on any atom is -0.381 e. The standard InChI is InChI=1S/C17H17N3O2/c1-3-8-18-14-7-9-19-16(11-14)17(22)20-15-6-4-5-13(10-15)12(2)21/h3-7,9-11H,1,8H2,2H3,(H,18,19)(H,20,22). The summed E-state index contributed by atoms with van der Waals surface area (Å²) < 4.78 is 0. The average molecular weight is 295 g/mol. The first kappa shape index (κ1) is 15.4. The molecular weight excluding hydrogens is 278 g/mol. The maximum atomic E-state index is 12.2. The fourth-order valence-corrected chi connectivity index (χ4v) is 1.87. The molecule has 0 spiro atoms. The van der Waals surface area contributed by atoms with E-state index in [0.717, 1.165) is 5.69 Å². The number of amides is 1. The smallest absolute Gasteiger partial charge is 0.274 e. The van der Waals surface area contributed by atoms with Crippen molar-refractivity contribution in [1.29, 1.82) is 0 Å². The van der Waals surface area contributed by atoms with Gasteiger partial charge in [0.25, 0.3) is 5.91 Å². The van der Waals surface area contributed by atoms with E-state index in [1.807, 2.05) is 0 Å². The van der Waals surface area contributed by atoms with Crippen molar-refractivity contribution in [2.24, 2.45) is 0 Å². The van der Waals surface area contributed by atoms with E-state index in [1.54, 1.807) is 48.7 Å². The molecule has 1 aromatic heterocycles. The molecule has 2 N–H and O–H groups in total. The largest absolute Gasteiger partial charge is 0.381 e. The van der Waals surface area contributed by atoms with Crippen molar-refractivity contribution in [2.45, 2.75) is 6.92 Å². The lowest BCUT2D eigenvalue weighted by atomic mass is 10.1. The number of benzene rings is 1. The number of nitrogens with one attached hydrogen (secondary N) is 2. The Morgan fingerprint density at radius 1 is 1.23 bits per heavy atom. The van der Waals surface area contributed by atoms with Crippen LogP contribution in [0.25, 0.3) is 0 Å². The number of rotatable bonds is 6. The third-order valence-corrected chi connectivity index (χ3v) is 2.97. The van der Waals surface area contributed by atoms with E-state index in [0.29, 0.717) is 23.5 Å². The number of aromatic nitrogens is 1. The molecule has 0 radical (unpaired) electrons. The minimum atomic E-state index is -0.331. The van der Waals surface area contributed by atoms with E-state index in [2.05, 4.69) is 22.2 Å². The number of carbonyl (C=O) groups is 2. The van der Waals surface area contributed by atoms with Crippen LogP contribution in [-0.4, -0.2) is 23.2 Å². The summed E-state index contributed by atoms with van der Waals surface area (Å²) in [5.41, 5.74) is 2.19. The van der Waals surface area contributed by atoms with Gasteiger partial charge >= 0.3 is 0 Å². The Hall–Kier alpha value is -2.95. The van der Waals surface area contributed by atoms with Crippen LogP contribution in [-0.2, 0) is 0 Å². The number of pyridine rings is 1. The Labute approximate surface area is 129 Å². The number of Topliss-reactive ketones (excluding diaryl/α,β-unsaturated/α-hetero) is 1. The van der Waals surface area contributed by atoms with Crippen LogP contribution in [0.4, 0.5) is 11.4 Å². The fraction of sp³-hybridized carbons (Fsp3) is 0.118. The highest BCUT2D eigenvalue weighted by Gasteiger charge is 2.09. The molecule has 0 bridgehead atoms. The lowest BCUT2D eigenvalue weighted by Gasteiger charge is -2.08. The van der Waals surface area contributed by atoms with Crippen molar-refractivity contribution < 1.29 is 9.59 Å². The number of hydrogen-bond acceptors (Lipinski definition) is 4. The second-order valence-corrected chi connectivity index (χ2v) is 4.69. The van der Waals surface area contributed by atoms with Crippen LogP contribution < -0.4 is 10.6 Å². The van der Waals surface area contributed by atoms with Gasteiger partial charge in [-0.15, -0.1) is 6.58 Å². The summed E-state index contributed by atoms with van der Waals surface area (Å²) >= 11 is 0. The van der Waals surface area contributed by atoms with E-state index < -0.39 is 0 Å². The molecule has 0 aliphatic carbocycles. The van der Waals surface area contributed by atoms with Crippen molar-refractivity contribution in [2.75, 3.05) is 17.2 Å². The van der Waals surface area contributed by atoms with Crippen LogP contribution in [0.3, 0.4) is 0 Å². The Kier molecular flexibility index (Phi) is 5.03. The first-order valence-corrected chi connectivity index (χ1v) is 6.83. The van der Waals surface area contributed by atoms with E-state index in [4.69, 9.17) is 0 Å². The number of nitrogens with zero attached hydrogens (tertiary/aromatic N) is 1. The van der Waals surface area contributed by atoms with E-state index >= 15 is 0 Å². The van der Waals surface area contributed by atoms with Gasteiger partial charge in [0.05, 0.1) is 0 Å². The maximum absolute atomic E-state index is 12.2. The van der Waals surface area contributed by atoms with Gasteiger partial charge in [-0.3, -0.25) is 14.6 Å². The number of hydrogen-bond donors (Lipinski definition) is 2. The van der Waals surface area contributed by atoms with Gasteiger partial charge in [0.1, 0.15) is 5.69 Å². The summed E-state index contributed by atoms with van der Waals surface area (Å²) in [6, 6.07) is 10.2. The van der Waals surface area contributed by atoms with Crippen molar-refractivity contribution in [3.05, 3.63) is 66.5 Å². The van der Waals surface area contributed by atoms with Crippen LogP contribution in [0.2, 0.25) is 0 Å². The molecule has 22 heavy (non-hydrogen) atoms. The lowest BCUT2D eigenvalue weighted by molar-refractivity contribution is 0.100.